The lowest BCUT2D eigenvalue weighted by atomic mass is 10.0. The highest BCUT2D eigenvalue weighted by molar-refractivity contribution is 6.33. The topological polar surface area (TPSA) is 414 Å². The normalized spacial score (nSPS) is 20.9. The van der Waals surface area contributed by atoms with Gasteiger partial charge in [-0.05, 0) is 266 Å². The molecule has 588 valence electrons. The van der Waals surface area contributed by atoms with Gasteiger partial charge in [0.25, 0.3) is 0 Å². The summed E-state index contributed by atoms with van der Waals surface area (Å²) in [4.78, 5) is 27.9. The Bertz CT molecular complexity index is 7810. The number of nitrogens with zero attached hydrogens (tertiary/aromatic N) is 7. The van der Waals surface area contributed by atoms with E-state index in [0.29, 0.717) is 5.39 Å². The zero-order chi connectivity index (χ0) is 117. The summed E-state index contributed by atoms with van der Waals surface area (Å²) < 4.78 is 305. The summed E-state index contributed by atoms with van der Waals surface area (Å²) in [6, 6.07) is 6.69. The first-order valence-electron chi connectivity index (χ1n) is 51.5. The molecule has 7 aromatic heterocycles. The summed E-state index contributed by atoms with van der Waals surface area (Å²) in [5, 5.41) is 72.4. The molecule has 0 amide bonds. The van der Waals surface area contributed by atoms with Crippen molar-refractivity contribution < 1.29 is 90.6 Å². The first kappa shape index (κ1) is 47.4. The van der Waals surface area contributed by atoms with Gasteiger partial charge in [0, 0.05) is 102 Å². The van der Waals surface area contributed by atoms with E-state index in [0.717, 1.165) is 48.5 Å². The Labute approximate surface area is 740 Å². The zero-order valence-electron chi connectivity index (χ0n) is 99.1. The maximum absolute atomic E-state index is 10.3. The van der Waals surface area contributed by atoms with Crippen LogP contribution in [0.1, 0.15) is 191 Å². The van der Waals surface area contributed by atoms with Crippen LogP contribution in [0.2, 0.25) is 35.2 Å². The van der Waals surface area contributed by atoms with Crippen LogP contribution < -0.4 is 40.1 Å². The van der Waals surface area contributed by atoms with Gasteiger partial charge in [-0.25, -0.2) is 34.9 Å². The van der Waals surface area contributed by atoms with E-state index in [9.17, 15) is 35.7 Å². The molecular weight excluding hydrogens is 1570 g/mol. The lowest BCUT2D eigenvalue weighted by Gasteiger charge is -2.19. The van der Waals surface area contributed by atoms with Crippen LogP contribution in [0.4, 0.5) is 39.8 Å². The maximum atomic E-state index is 10.3. The number of hydrogen-bond acceptors (Lipinski definition) is 21. The minimum Gasteiger partial charge on any atom is -0.397 e. The number of pyridine rings is 7. The van der Waals surface area contributed by atoms with Gasteiger partial charge in [0.2, 0.25) is 0 Å². The van der Waals surface area contributed by atoms with Crippen LogP contribution in [0, 0.1) is 0 Å². The minimum atomic E-state index is -2.88. The highest BCUT2D eigenvalue weighted by atomic mass is 35.5. The molecular formula is C84H91Cl7N14O7. The summed E-state index contributed by atoms with van der Waals surface area (Å²) in [6.45, 7) is -12.4. The van der Waals surface area contributed by atoms with Crippen molar-refractivity contribution in [3.8, 4) is 0 Å². The van der Waals surface area contributed by atoms with E-state index in [-0.39, 0.29) is 254 Å². The highest BCUT2D eigenvalue weighted by Gasteiger charge is 2.28. The first-order chi connectivity index (χ1) is 68.4. The lowest BCUT2D eigenvalue weighted by molar-refractivity contribution is 0.0745. The number of fused-ring (bicyclic) bond motifs is 7. The molecule has 112 heavy (non-hydrogen) atoms. The number of benzene rings is 7. The second kappa shape index (κ2) is 34.6. The van der Waals surface area contributed by atoms with Gasteiger partial charge in [-0.15, -0.1) is 0 Å². The molecule has 0 fully saturated rings. The molecule has 0 saturated carbocycles. The largest absolute Gasteiger partial charge is 0.397 e. The number of aliphatic hydroxyl groups is 7. The van der Waals surface area contributed by atoms with Gasteiger partial charge < -0.3 is 75.9 Å². The Morgan fingerprint density at radius 1 is 0.241 bits per heavy atom. The van der Waals surface area contributed by atoms with Crippen molar-refractivity contribution >= 4 is 197 Å². The van der Waals surface area contributed by atoms with Crippen LogP contribution in [0.25, 0.3) is 76.3 Å². The van der Waals surface area contributed by atoms with Crippen molar-refractivity contribution in [1.82, 2.24) is 34.9 Å². The van der Waals surface area contributed by atoms with Crippen molar-refractivity contribution in [1.29, 1.82) is 0 Å². The molecule has 0 radical (unpaired) electrons. The van der Waals surface area contributed by atoms with Gasteiger partial charge in [-0.3, -0.25) is 0 Å². The van der Waals surface area contributed by atoms with E-state index in [2.05, 4.69) is 34.9 Å². The number of rotatable bonds is 7. The number of nitrogen functional groups attached to an aromatic ring is 7. The molecule has 7 heterocycles. The van der Waals surface area contributed by atoms with Gasteiger partial charge in [0.1, 0.15) is 39.2 Å². The van der Waals surface area contributed by atoms with E-state index in [4.69, 9.17) is 176 Å². The molecule has 0 spiro atoms. The quantitative estimate of drug-likeness (QED) is 0.0705. The third-order valence-corrected chi connectivity index (χ3v) is 15.8. The Balaban J connectivity index is 0.000000216. The van der Waals surface area contributed by atoms with Crippen LogP contribution >= 0.6 is 81.2 Å². The Kier molecular flexibility index (Phi) is 14.7. The lowest BCUT2D eigenvalue weighted by Crippen LogP contribution is -2.19. The molecule has 14 aromatic rings. The molecule has 7 unspecified atom stereocenters. The second-order valence-electron chi connectivity index (χ2n) is 25.1. The monoisotopic (exact) mass is 1690 g/mol. The highest BCUT2D eigenvalue weighted by Crippen LogP contribution is 2.36. The van der Waals surface area contributed by atoms with Crippen LogP contribution in [-0.4, -0.2) is 70.6 Å². The van der Waals surface area contributed by atoms with Crippen molar-refractivity contribution in [2.24, 2.45) is 0 Å². The van der Waals surface area contributed by atoms with Crippen molar-refractivity contribution in [3.63, 3.8) is 0 Å². The number of halogens is 7. The molecule has 0 aliphatic heterocycles. The minimum absolute atomic E-state index is 0.00333. The van der Waals surface area contributed by atoms with E-state index in [1.54, 1.807) is 0 Å². The molecule has 7 atom stereocenters. The average molecular weight is 1700 g/mol. The number of anilines is 7. The molecule has 0 saturated heterocycles. The Hall–Kier alpha value is -9.24. The fraction of sp³-hybridized carbons (Fsp3) is 0.250. The second-order valence-corrected chi connectivity index (χ2v) is 27.9. The average Bonchev–Trinajstić information content (AvgIpc) is 0.724. The van der Waals surface area contributed by atoms with Crippen molar-refractivity contribution in [2.75, 3.05) is 40.1 Å². The van der Waals surface area contributed by atoms with Crippen LogP contribution in [-0.2, 0) is 39.2 Å². The smallest absolute Gasteiger partial charge is 0.103 e. The molecule has 7 aromatic carbocycles. The van der Waals surface area contributed by atoms with Gasteiger partial charge in [0.05, 0.1) is 144 Å². The molecule has 21 N–H and O–H groups in total. The van der Waals surface area contributed by atoms with E-state index < -0.39 is 134 Å². The third-order valence-electron chi connectivity index (χ3n) is 14.3. The molecule has 0 bridgehead atoms. The Morgan fingerprint density at radius 3 is 0.812 bits per heavy atom. The number of aromatic nitrogens is 7. The first-order valence-corrected chi connectivity index (χ1v) is 34.1. The third kappa shape index (κ3) is 23.2. The van der Waals surface area contributed by atoms with Crippen LogP contribution in [0.15, 0.2) is 169 Å². The Morgan fingerprint density at radius 2 is 0.455 bits per heavy atom. The summed E-state index contributed by atoms with van der Waals surface area (Å²) in [5.41, 5.74) is 18.9. The summed E-state index contributed by atoms with van der Waals surface area (Å²) in [7, 11) is 0. The van der Waals surface area contributed by atoms with Crippen molar-refractivity contribution in [2.45, 2.75) is 136 Å². The maximum Gasteiger partial charge on any atom is 0.103 e. The number of nitrogens with two attached hydrogens (primary N) is 7. The summed E-state index contributed by atoms with van der Waals surface area (Å²) >= 11 is 40.8. The molecule has 0 aliphatic carbocycles. The van der Waals surface area contributed by atoms with Crippen LogP contribution in [0.3, 0.4) is 0 Å². The van der Waals surface area contributed by atoms with Gasteiger partial charge >= 0.3 is 0 Å². The zero-order valence-corrected chi connectivity index (χ0v) is 64.4. The van der Waals surface area contributed by atoms with Crippen molar-refractivity contribution in [3.05, 3.63) is 244 Å². The van der Waals surface area contributed by atoms with E-state index in [1.165, 1.54) is 54.6 Å². The summed E-state index contributed by atoms with van der Waals surface area (Å²) in [6.07, 6.45) is 0. The molecule has 28 heteroatoms. The predicted molar refractivity (Wildman–Crippen MR) is 465 cm³/mol. The van der Waals surface area contributed by atoms with Gasteiger partial charge in [-0.1, -0.05) is 81.2 Å². The SMILES string of the molecule is [2H]c1c(Cl)c([2H])c2c([2H])c(N)c(C(C)(O)C([2H])([2H])[2H])nc2c1[2H].[2H]c1c(Cl)cc2c([2H])c(N)c(C(C)(O)C([2H])([2H])[2H])nc2c1[2H].[2H]c1c(Cl)ccc2nc(C(C)(O)C([2H])([2H])[2H])c(N)c([2H])c12.[2H]c1c(N)c(C(C)(O)C([2H])([2H])[2H])nc2c([2H])cc(Cl)cc12.[2H]c1cc(Cl)c([2H])c2c([2H])c(N)c(C(C)(O)C([2H])([2H])[2H])nc12.[2H]c1cc2nc(C(C)(O)C([2H])([2H])[2H])c(N)c([2H])c2c([2H])c1Cl.[2H]c1cc2nc(C(C)(O)C([2H])([2H])[2H])c(N)c([2H])c2cc1Cl. The summed E-state index contributed by atoms with van der Waals surface area (Å²) in [5.74, 6) is 0. The predicted octanol–water partition coefficient (Wildman–Crippen LogP) is 18.9. The standard InChI is InChI=1S/7C12H13ClN2O/c7*1-12(2,16)11-9(14)6-7-5-8(13)3-4-10(7)15-11/h7*3-6,16H,14H2,1-2H3/i1D3,3D,4D,5D,6D;1D3,4D,5D,6D;1D3,3D,5D,6D;1D3,3D,4D,6D;1D3,5D,6D;1D3,4D,6D;1D3,3D,6D. The van der Waals surface area contributed by atoms with Gasteiger partial charge in [0.15, 0.2) is 0 Å². The number of hydrogen-bond donors (Lipinski definition) is 14. The fourth-order valence-corrected chi connectivity index (χ4v) is 10.6. The van der Waals surface area contributed by atoms with Crippen LogP contribution in [0.5, 0.6) is 0 Å². The molecule has 21 nitrogen and oxygen atoms in total. The fourth-order valence-electron chi connectivity index (χ4n) is 9.51. The molecule has 0 aliphatic rings. The molecule has 14 rings (SSSR count). The van der Waals surface area contributed by atoms with E-state index in [1.807, 2.05) is 0 Å². The van der Waals surface area contributed by atoms with E-state index >= 15 is 0 Å². The van der Waals surface area contributed by atoms with Gasteiger partial charge in [-0.2, -0.15) is 0 Å².